The van der Waals surface area contributed by atoms with E-state index in [0.29, 0.717) is 5.56 Å². The highest BCUT2D eigenvalue weighted by atomic mass is 19.4. The van der Waals surface area contributed by atoms with Crippen LogP contribution in [0, 0.1) is 23.7 Å². The molecule has 2 heterocycles. The number of alkyl halides is 3. The molecule has 2 saturated carbocycles. The van der Waals surface area contributed by atoms with Gasteiger partial charge in [0.05, 0.1) is 5.56 Å². The summed E-state index contributed by atoms with van der Waals surface area (Å²) in [6.45, 7) is 6.12. The minimum atomic E-state index is -4.35. The van der Waals surface area contributed by atoms with Gasteiger partial charge in [0, 0.05) is 49.1 Å². The molecular weight excluding hydrogens is 601 g/mol. The van der Waals surface area contributed by atoms with Gasteiger partial charge in [0.15, 0.2) is 11.6 Å². The zero-order chi connectivity index (χ0) is 32.8. The second-order valence-corrected chi connectivity index (χ2v) is 13.8. The SMILES string of the molecule is O=C(c1ccc(C(F)(F)F)cc1)C1CCCN(CC2CC2)C1.O=C(c1ccc(Oc2ccccc2)cc1)C1CCCN(CC2CC2)C1. The van der Waals surface area contributed by atoms with Gasteiger partial charge >= 0.3 is 6.18 Å². The Labute approximate surface area is 276 Å². The summed E-state index contributed by atoms with van der Waals surface area (Å²) in [5.41, 5.74) is 0.494. The number of piperidine rings is 2. The fourth-order valence-electron chi connectivity index (χ4n) is 6.81. The lowest BCUT2D eigenvalue weighted by molar-refractivity contribution is -0.137. The van der Waals surface area contributed by atoms with E-state index < -0.39 is 11.7 Å². The molecule has 7 rings (SSSR count). The van der Waals surface area contributed by atoms with Crippen LogP contribution in [0.2, 0.25) is 0 Å². The molecule has 4 fully saturated rings. The highest BCUT2D eigenvalue weighted by molar-refractivity contribution is 5.98. The molecule has 2 unspecified atom stereocenters. The van der Waals surface area contributed by atoms with E-state index in [9.17, 15) is 22.8 Å². The second kappa shape index (κ2) is 15.2. The van der Waals surface area contributed by atoms with Crippen molar-refractivity contribution in [2.75, 3.05) is 39.3 Å². The van der Waals surface area contributed by atoms with Crippen molar-refractivity contribution in [1.29, 1.82) is 0 Å². The molecule has 0 N–H and O–H groups in total. The summed E-state index contributed by atoms with van der Waals surface area (Å²) >= 11 is 0. The summed E-state index contributed by atoms with van der Waals surface area (Å²) in [7, 11) is 0. The van der Waals surface area contributed by atoms with Crippen molar-refractivity contribution < 1.29 is 27.5 Å². The van der Waals surface area contributed by atoms with Gasteiger partial charge in [-0.3, -0.25) is 9.59 Å². The summed E-state index contributed by atoms with van der Waals surface area (Å²) in [4.78, 5) is 30.2. The van der Waals surface area contributed by atoms with E-state index in [1.165, 1.54) is 44.4 Å². The van der Waals surface area contributed by atoms with Crippen LogP contribution in [0.5, 0.6) is 11.5 Å². The zero-order valence-electron chi connectivity index (χ0n) is 27.0. The quantitative estimate of drug-likeness (QED) is 0.206. The molecule has 3 aromatic rings. The zero-order valence-corrected chi connectivity index (χ0v) is 27.0. The van der Waals surface area contributed by atoms with Gasteiger partial charge in [-0.2, -0.15) is 13.2 Å². The third kappa shape index (κ3) is 9.77. The number of ketones is 2. The third-order valence-electron chi connectivity index (χ3n) is 9.79. The van der Waals surface area contributed by atoms with E-state index in [0.717, 1.165) is 99.4 Å². The van der Waals surface area contributed by atoms with Crippen molar-refractivity contribution in [3.8, 4) is 11.5 Å². The van der Waals surface area contributed by atoms with E-state index in [2.05, 4.69) is 9.80 Å². The summed E-state index contributed by atoms with van der Waals surface area (Å²) in [5, 5.41) is 0. The molecule has 0 spiro atoms. The molecule has 0 amide bonds. The number of rotatable bonds is 10. The van der Waals surface area contributed by atoms with Crippen molar-refractivity contribution in [1.82, 2.24) is 9.80 Å². The molecule has 2 aliphatic heterocycles. The third-order valence-corrected chi connectivity index (χ3v) is 9.79. The lowest BCUT2D eigenvalue weighted by atomic mass is 9.89. The Balaban J connectivity index is 0.000000166. The Hall–Kier alpha value is -3.49. The number of hydrogen-bond acceptors (Lipinski definition) is 5. The van der Waals surface area contributed by atoms with Crippen LogP contribution in [-0.4, -0.2) is 60.6 Å². The Morgan fingerprint density at radius 1 is 0.617 bits per heavy atom. The maximum absolute atomic E-state index is 12.8. The minimum Gasteiger partial charge on any atom is -0.457 e. The molecule has 0 bridgehead atoms. The largest absolute Gasteiger partial charge is 0.457 e. The number of para-hydroxylation sites is 1. The molecule has 250 valence electrons. The molecule has 3 aromatic carbocycles. The van der Waals surface area contributed by atoms with Crippen LogP contribution in [0.1, 0.15) is 77.6 Å². The molecule has 2 atom stereocenters. The van der Waals surface area contributed by atoms with E-state index in [1.54, 1.807) is 0 Å². The van der Waals surface area contributed by atoms with Gasteiger partial charge in [-0.25, -0.2) is 0 Å². The summed E-state index contributed by atoms with van der Waals surface area (Å²) in [6, 6.07) is 21.9. The van der Waals surface area contributed by atoms with Gasteiger partial charge < -0.3 is 14.5 Å². The number of benzene rings is 3. The average Bonchev–Trinajstić information content (AvgIpc) is 4.04. The van der Waals surface area contributed by atoms with Crippen molar-refractivity contribution in [2.24, 2.45) is 23.7 Å². The summed E-state index contributed by atoms with van der Waals surface area (Å²) < 4.78 is 43.5. The number of hydrogen-bond donors (Lipinski definition) is 0. The number of Topliss-reactive ketones (excluding diaryl/α,β-unsaturated/α-hetero) is 2. The van der Waals surface area contributed by atoms with Gasteiger partial charge in [-0.05, 0) is 125 Å². The normalized spacial score (nSPS) is 22.2. The first-order chi connectivity index (χ1) is 22.7. The summed E-state index contributed by atoms with van der Waals surface area (Å²) in [6.07, 6.45) is 4.94. The van der Waals surface area contributed by atoms with E-state index in [-0.39, 0.29) is 23.4 Å². The number of ether oxygens (including phenoxy) is 1. The van der Waals surface area contributed by atoms with Crippen LogP contribution in [0.25, 0.3) is 0 Å². The number of nitrogens with zero attached hydrogens (tertiary/aromatic N) is 2. The van der Waals surface area contributed by atoms with Gasteiger partial charge in [0.2, 0.25) is 0 Å². The monoisotopic (exact) mass is 646 g/mol. The van der Waals surface area contributed by atoms with Crippen molar-refractivity contribution in [2.45, 2.75) is 57.5 Å². The van der Waals surface area contributed by atoms with Crippen molar-refractivity contribution in [3.05, 3.63) is 95.6 Å². The van der Waals surface area contributed by atoms with Crippen LogP contribution in [0.3, 0.4) is 0 Å². The van der Waals surface area contributed by atoms with Crippen LogP contribution in [0.4, 0.5) is 13.2 Å². The topological polar surface area (TPSA) is 49.9 Å². The molecule has 5 nitrogen and oxygen atoms in total. The van der Waals surface area contributed by atoms with Crippen LogP contribution < -0.4 is 4.74 Å². The molecule has 0 aromatic heterocycles. The van der Waals surface area contributed by atoms with E-state index >= 15 is 0 Å². The number of halogens is 3. The Morgan fingerprint density at radius 3 is 1.51 bits per heavy atom. The van der Waals surface area contributed by atoms with Crippen LogP contribution in [-0.2, 0) is 6.18 Å². The van der Waals surface area contributed by atoms with Gasteiger partial charge in [0.1, 0.15) is 11.5 Å². The Bertz CT molecular complexity index is 1470. The van der Waals surface area contributed by atoms with E-state index in [4.69, 9.17) is 4.74 Å². The van der Waals surface area contributed by atoms with E-state index in [1.807, 2.05) is 54.6 Å². The predicted octanol–water partition coefficient (Wildman–Crippen LogP) is 8.79. The first kappa shape index (κ1) is 33.4. The molecule has 4 aliphatic rings. The fraction of sp³-hybridized carbons (Fsp3) is 0.487. The lowest BCUT2D eigenvalue weighted by Crippen LogP contribution is -2.39. The van der Waals surface area contributed by atoms with Crippen molar-refractivity contribution >= 4 is 11.6 Å². The predicted molar refractivity (Wildman–Crippen MR) is 177 cm³/mol. The fourth-order valence-corrected chi connectivity index (χ4v) is 6.81. The molecule has 2 aliphatic carbocycles. The summed E-state index contributed by atoms with van der Waals surface area (Å²) in [5.74, 6) is 3.59. The number of likely N-dealkylation sites (tertiary alicyclic amines) is 2. The Kier molecular flexibility index (Phi) is 10.8. The smallest absolute Gasteiger partial charge is 0.416 e. The molecular formula is C39H45F3N2O3. The minimum absolute atomic E-state index is 0.0192. The highest BCUT2D eigenvalue weighted by Gasteiger charge is 2.33. The number of carbonyl (C=O) groups excluding carboxylic acids is 2. The van der Waals surface area contributed by atoms with Crippen LogP contribution >= 0.6 is 0 Å². The number of carbonyl (C=O) groups is 2. The Morgan fingerprint density at radius 2 is 1.06 bits per heavy atom. The van der Waals surface area contributed by atoms with Gasteiger partial charge in [-0.1, -0.05) is 30.3 Å². The van der Waals surface area contributed by atoms with Crippen molar-refractivity contribution in [3.63, 3.8) is 0 Å². The highest BCUT2D eigenvalue weighted by Crippen LogP contribution is 2.34. The van der Waals surface area contributed by atoms with Gasteiger partial charge in [0.25, 0.3) is 0 Å². The van der Waals surface area contributed by atoms with Gasteiger partial charge in [-0.15, -0.1) is 0 Å². The van der Waals surface area contributed by atoms with Crippen LogP contribution in [0.15, 0.2) is 78.9 Å². The maximum Gasteiger partial charge on any atom is 0.416 e. The lowest BCUT2D eigenvalue weighted by Gasteiger charge is -2.32. The molecule has 47 heavy (non-hydrogen) atoms. The molecule has 8 heteroatoms. The molecule has 2 saturated heterocycles. The first-order valence-corrected chi connectivity index (χ1v) is 17.2. The molecule has 0 radical (unpaired) electrons. The first-order valence-electron chi connectivity index (χ1n) is 17.2. The standard InChI is InChI=1S/C22H25NO2.C17H20F3NO/c24-22(19-5-4-14-23(16-19)15-17-8-9-17)18-10-12-21(13-11-18)25-20-6-2-1-3-7-20;18-17(19,20)15-7-5-13(6-8-15)16(22)14-2-1-9-21(11-14)10-12-3-4-12/h1-3,6-7,10-13,17,19H,4-5,8-9,14-16H2;5-8,12,14H,1-4,9-11H2. The second-order valence-electron chi connectivity index (χ2n) is 13.8. The average molecular weight is 647 g/mol. The maximum atomic E-state index is 12.8.